The van der Waals surface area contributed by atoms with E-state index in [2.05, 4.69) is 19.2 Å². The van der Waals surface area contributed by atoms with Gasteiger partial charge in [-0.15, -0.1) is 0 Å². The molecule has 3 N–H and O–H groups in total. The third-order valence-electron chi connectivity index (χ3n) is 2.61. The summed E-state index contributed by atoms with van der Waals surface area (Å²) in [5, 5.41) is 21.1. The molecule has 0 heterocycles. The van der Waals surface area contributed by atoms with Gasteiger partial charge in [0.1, 0.15) is 0 Å². The minimum Gasteiger partial charge on any atom is -0.504 e. The Morgan fingerprint density at radius 2 is 2.00 bits per heavy atom. The summed E-state index contributed by atoms with van der Waals surface area (Å²) >= 11 is 0. The summed E-state index contributed by atoms with van der Waals surface area (Å²) in [4.78, 5) is 11.7. The van der Waals surface area contributed by atoms with Crippen molar-refractivity contribution < 1.29 is 19.7 Å². The van der Waals surface area contributed by atoms with E-state index in [1.807, 2.05) is 0 Å². The second kappa shape index (κ2) is 7.63. The lowest BCUT2D eigenvalue weighted by Crippen LogP contribution is -2.27. The number of phenols is 2. The van der Waals surface area contributed by atoms with Crippen molar-refractivity contribution in [1.29, 1.82) is 0 Å². The van der Waals surface area contributed by atoms with E-state index in [0.717, 1.165) is 6.42 Å². The molecule has 0 radical (unpaired) electrons. The molecule has 0 bridgehead atoms. The molecule has 19 heavy (non-hydrogen) atoms. The van der Waals surface area contributed by atoms with Crippen molar-refractivity contribution in [2.75, 3.05) is 19.8 Å². The molecule has 0 aromatic heterocycles. The number of benzene rings is 1. The number of amides is 1. The van der Waals surface area contributed by atoms with Gasteiger partial charge in [0.15, 0.2) is 11.5 Å². The number of rotatable bonds is 7. The molecule has 0 saturated carbocycles. The first-order valence-electron chi connectivity index (χ1n) is 6.38. The Balaban J connectivity index is 2.26. The standard InChI is InChI=1S/C14H21NO4/c1-10(2)5-7-19-8-6-15-14(18)11-3-4-12(16)13(17)9-11/h3-4,9-10,16-17H,5-8H2,1-2H3,(H,15,18). The van der Waals surface area contributed by atoms with E-state index in [1.54, 1.807) is 0 Å². The van der Waals surface area contributed by atoms with Crippen LogP contribution in [0.1, 0.15) is 30.6 Å². The third-order valence-corrected chi connectivity index (χ3v) is 2.61. The molecule has 0 atom stereocenters. The number of phenolic OH excluding ortho intramolecular Hbond substituents is 2. The zero-order valence-corrected chi connectivity index (χ0v) is 11.3. The Hall–Kier alpha value is -1.75. The lowest BCUT2D eigenvalue weighted by molar-refractivity contribution is 0.0905. The van der Waals surface area contributed by atoms with Gasteiger partial charge in [-0.2, -0.15) is 0 Å². The van der Waals surface area contributed by atoms with Crippen LogP contribution in [0.2, 0.25) is 0 Å². The monoisotopic (exact) mass is 267 g/mol. The quantitative estimate of drug-likeness (QED) is 0.520. The summed E-state index contributed by atoms with van der Waals surface area (Å²) in [6.45, 7) is 5.82. The maximum Gasteiger partial charge on any atom is 0.251 e. The molecule has 5 heteroatoms. The zero-order chi connectivity index (χ0) is 14.3. The average Bonchev–Trinajstić information content (AvgIpc) is 2.36. The molecule has 106 valence electrons. The van der Waals surface area contributed by atoms with Crippen LogP contribution in [-0.4, -0.2) is 35.9 Å². The summed E-state index contributed by atoms with van der Waals surface area (Å²) in [6, 6.07) is 3.96. The summed E-state index contributed by atoms with van der Waals surface area (Å²) < 4.78 is 5.37. The van der Waals surface area contributed by atoms with E-state index in [9.17, 15) is 9.90 Å². The first kappa shape index (κ1) is 15.3. The van der Waals surface area contributed by atoms with Crippen molar-refractivity contribution in [2.45, 2.75) is 20.3 Å². The van der Waals surface area contributed by atoms with Gasteiger partial charge in [0, 0.05) is 18.7 Å². The van der Waals surface area contributed by atoms with Crippen molar-refractivity contribution >= 4 is 5.91 Å². The predicted octanol–water partition coefficient (Wildman–Crippen LogP) is 1.89. The van der Waals surface area contributed by atoms with Gasteiger partial charge in [-0.25, -0.2) is 0 Å². The van der Waals surface area contributed by atoms with Gasteiger partial charge in [0.25, 0.3) is 5.91 Å². The number of nitrogens with one attached hydrogen (secondary N) is 1. The minimum absolute atomic E-state index is 0.242. The summed E-state index contributed by atoms with van der Waals surface area (Å²) in [5.41, 5.74) is 0.303. The Morgan fingerprint density at radius 1 is 1.26 bits per heavy atom. The Morgan fingerprint density at radius 3 is 2.63 bits per heavy atom. The lowest BCUT2D eigenvalue weighted by Gasteiger charge is -2.08. The van der Waals surface area contributed by atoms with E-state index < -0.39 is 0 Å². The molecule has 1 aromatic carbocycles. The fourth-order valence-electron chi connectivity index (χ4n) is 1.42. The average molecular weight is 267 g/mol. The molecule has 5 nitrogen and oxygen atoms in total. The topological polar surface area (TPSA) is 78.8 Å². The first-order valence-corrected chi connectivity index (χ1v) is 6.38. The van der Waals surface area contributed by atoms with Gasteiger partial charge in [-0.05, 0) is 30.5 Å². The molecule has 0 unspecified atom stereocenters. The van der Waals surface area contributed by atoms with Crippen molar-refractivity contribution in [3.63, 3.8) is 0 Å². The minimum atomic E-state index is -0.305. The summed E-state index contributed by atoms with van der Waals surface area (Å²) in [6.07, 6.45) is 1.000. The number of ether oxygens (including phenoxy) is 1. The van der Waals surface area contributed by atoms with Crippen LogP contribution in [-0.2, 0) is 4.74 Å². The largest absolute Gasteiger partial charge is 0.504 e. The molecular weight excluding hydrogens is 246 g/mol. The van der Waals surface area contributed by atoms with Crippen LogP contribution in [0.15, 0.2) is 18.2 Å². The Kier molecular flexibility index (Phi) is 6.15. The zero-order valence-electron chi connectivity index (χ0n) is 11.3. The molecule has 0 aliphatic heterocycles. The molecule has 0 spiro atoms. The van der Waals surface area contributed by atoms with Gasteiger partial charge < -0.3 is 20.3 Å². The molecular formula is C14H21NO4. The van der Waals surface area contributed by atoms with Gasteiger partial charge in [0.05, 0.1) is 6.61 Å². The number of aromatic hydroxyl groups is 2. The van der Waals surface area contributed by atoms with Crippen LogP contribution in [0.5, 0.6) is 11.5 Å². The third kappa shape index (κ3) is 5.61. The highest BCUT2D eigenvalue weighted by Gasteiger charge is 2.07. The highest BCUT2D eigenvalue weighted by molar-refractivity contribution is 5.94. The van der Waals surface area contributed by atoms with E-state index in [-0.39, 0.29) is 17.4 Å². The van der Waals surface area contributed by atoms with Crippen molar-refractivity contribution in [3.8, 4) is 11.5 Å². The molecule has 1 aromatic rings. The van der Waals surface area contributed by atoms with Gasteiger partial charge in [-0.1, -0.05) is 13.8 Å². The van der Waals surface area contributed by atoms with Crippen LogP contribution >= 0.6 is 0 Å². The Bertz CT molecular complexity index is 418. The maximum atomic E-state index is 11.7. The molecule has 0 saturated heterocycles. The SMILES string of the molecule is CC(C)CCOCCNC(=O)c1ccc(O)c(O)c1. The van der Waals surface area contributed by atoms with Gasteiger partial charge >= 0.3 is 0 Å². The lowest BCUT2D eigenvalue weighted by atomic mass is 10.1. The van der Waals surface area contributed by atoms with Crippen molar-refractivity contribution in [3.05, 3.63) is 23.8 Å². The van der Waals surface area contributed by atoms with Crippen molar-refractivity contribution in [1.82, 2.24) is 5.32 Å². The number of carbonyl (C=O) groups is 1. The van der Waals surface area contributed by atoms with E-state index in [0.29, 0.717) is 31.2 Å². The molecule has 0 fully saturated rings. The number of hydrogen-bond donors (Lipinski definition) is 3. The second-order valence-electron chi connectivity index (χ2n) is 4.75. The van der Waals surface area contributed by atoms with E-state index >= 15 is 0 Å². The summed E-state index contributed by atoms with van der Waals surface area (Å²) in [7, 11) is 0. The van der Waals surface area contributed by atoms with Crippen molar-refractivity contribution in [2.24, 2.45) is 5.92 Å². The normalized spacial score (nSPS) is 10.7. The van der Waals surface area contributed by atoms with E-state index in [4.69, 9.17) is 9.84 Å². The highest BCUT2D eigenvalue weighted by Crippen LogP contribution is 2.24. The first-order chi connectivity index (χ1) is 9.00. The number of hydrogen-bond acceptors (Lipinski definition) is 4. The van der Waals surface area contributed by atoms with Crippen LogP contribution in [0.4, 0.5) is 0 Å². The van der Waals surface area contributed by atoms with Crippen LogP contribution in [0.3, 0.4) is 0 Å². The second-order valence-corrected chi connectivity index (χ2v) is 4.75. The van der Waals surface area contributed by atoms with Crippen LogP contribution < -0.4 is 5.32 Å². The molecule has 1 rings (SSSR count). The maximum absolute atomic E-state index is 11.7. The fraction of sp³-hybridized carbons (Fsp3) is 0.500. The van der Waals surface area contributed by atoms with Crippen LogP contribution in [0, 0.1) is 5.92 Å². The van der Waals surface area contributed by atoms with E-state index in [1.165, 1.54) is 18.2 Å². The highest BCUT2D eigenvalue weighted by atomic mass is 16.5. The van der Waals surface area contributed by atoms with Crippen LogP contribution in [0.25, 0.3) is 0 Å². The fourth-order valence-corrected chi connectivity index (χ4v) is 1.42. The molecule has 0 aliphatic carbocycles. The summed E-state index contributed by atoms with van der Waals surface area (Å²) in [5.74, 6) is -0.244. The molecule has 1 amide bonds. The molecule has 0 aliphatic rings. The number of carbonyl (C=O) groups excluding carboxylic acids is 1. The smallest absolute Gasteiger partial charge is 0.251 e. The van der Waals surface area contributed by atoms with Gasteiger partial charge in [-0.3, -0.25) is 4.79 Å². The van der Waals surface area contributed by atoms with Gasteiger partial charge in [0.2, 0.25) is 0 Å². The predicted molar refractivity (Wildman–Crippen MR) is 72.4 cm³/mol. The Labute approximate surface area is 113 Å².